The Morgan fingerprint density at radius 2 is 1.80 bits per heavy atom. The van der Waals surface area contributed by atoms with Gasteiger partial charge in [-0.2, -0.15) is 0 Å². The van der Waals surface area contributed by atoms with E-state index < -0.39 is 0 Å². The largest absolute Gasteiger partial charge is 0.0882 e. The van der Waals surface area contributed by atoms with Gasteiger partial charge in [-0.3, -0.25) is 0 Å². The molecule has 1 saturated carbocycles. The second kappa shape index (κ2) is 2.41. The second-order valence-electron chi connectivity index (χ2n) is 3.92. The van der Waals surface area contributed by atoms with E-state index in [1.54, 1.807) is 0 Å². The van der Waals surface area contributed by atoms with Gasteiger partial charge in [0, 0.05) is 0 Å². The minimum Gasteiger partial charge on any atom is -0.0882 e. The highest BCUT2D eigenvalue weighted by Gasteiger charge is 2.33. The Morgan fingerprint density at radius 1 is 1.10 bits per heavy atom. The minimum absolute atomic E-state index is 1.03. The molecule has 0 aliphatic heterocycles. The van der Waals surface area contributed by atoms with E-state index in [4.69, 9.17) is 0 Å². The fourth-order valence-electron chi connectivity index (χ4n) is 2.38. The van der Waals surface area contributed by atoms with Crippen molar-refractivity contribution in [2.24, 2.45) is 17.8 Å². The third kappa shape index (κ3) is 0.902. The highest BCUT2D eigenvalue weighted by molar-refractivity contribution is 4.99. The van der Waals surface area contributed by atoms with Crippen LogP contribution in [0.3, 0.4) is 0 Å². The summed E-state index contributed by atoms with van der Waals surface area (Å²) in [5.41, 5.74) is 0. The first-order valence-corrected chi connectivity index (χ1v) is 4.53. The lowest BCUT2D eigenvalue weighted by Crippen LogP contribution is -2.29. The summed E-state index contributed by atoms with van der Waals surface area (Å²) in [6.07, 6.45) is 10.4. The van der Waals surface area contributed by atoms with Crippen molar-refractivity contribution in [3.05, 3.63) is 12.2 Å². The van der Waals surface area contributed by atoms with Crippen molar-refractivity contribution in [3.63, 3.8) is 0 Å². The second-order valence-corrected chi connectivity index (χ2v) is 3.92. The van der Waals surface area contributed by atoms with E-state index in [1.165, 1.54) is 25.7 Å². The maximum atomic E-state index is 2.41. The number of rotatable bonds is 1. The predicted molar refractivity (Wildman–Crippen MR) is 43.8 cm³/mol. The molecule has 0 heterocycles. The Hall–Kier alpha value is -0.260. The lowest BCUT2D eigenvalue weighted by molar-refractivity contribution is 0.125. The molecule has 1 fully saturated rings. The highest BCUT2D eigenvalue weighted by atomic mass is 14.4. The summed E-state index contributed by atoms with van der Waals surface area (Å²) in [6.45, 7) is 2.41. The molecular formula is C10H16. The number of allylic oxidation sites excluding steroid dienone is 2. The normalized spacial score (nSPS) is 40.1. The van der Waals surface area contributed by atoms with Gasteiger partial charge in [-0.1, -0.05) is 25.5 Å². The molecule has 0 nitrogen and oxygen atoms in total. The van der Waals surface area contributed by atoms with Crippen LogP contribution in [-0.4, -0.2) is 0 Å². The smallest absolute Gasteiger partial charge is 0.0314 e. The topological polar surface area (TPSA) is 0 Å². The highest BCUT2D eigenvalue weighted by Crippen LogP contribution is 2.43. The lowest BCUT2D eigenvalue weighted by Gasteiger charge is -2.38. The van der Waals surface area contributed by atoms with E-state index >= 15 is 0 Å². The third-order valence-electron chi connectivity index (χ3n) is 3.34. The molecular weight excluding hydrogens is 120 g/mol. The quantitative estimate of drug-likeness (QED) is 0.486. The molecule has 0 radical (unpaired) electrons. The van der Waals surface area contributed by atoms with E-state index in [2.05, 4.69) is 19.1 Å². The van der Waals surface area contributed by atoms with Gasteiger partial charge in [0.25, 0.3) is 0 Å². The summed E-state index contributed by atoms with van der Waals surface area (Å²) in [5, 5.41) is 0. The van der Waals surface area contributed by atoms with Gasteiger partial charge in [0.1, 0.15) is 0 Å². The van der Waals surface area contributed by atoms with Crippen LogP contribution in [0.4, 0.5) is 0 Å². The molecule has 0 aromatic carbocycles. The SMILES string of the molecule is CC1CCC1C1CC=CC1. The average molecular weight is 136 g/mol. The fourth-order valence-corrected chi connectivity index (χ4v) is 2.38. The summed E-state index contributed by atoms with van der Waals surface area (Å²) >= 11 is 0. The molecule has 2 aliphatic rings. The minimum atomic E-state index is 1.03. The average Bonchev–Trinajstić information content (AvgIpc) is 2.37. The zero-order chi connectivity index (χ0) is 6.97. The monoisotopic (exact) mass is 136 g/mol. The van der Waals surface area contributed by atoms with Crippen molar-refractivity contribution in [1.82, 2.24) is 0 Å². The molecule has 2 unspecified atom stereocenters. The summed E-state index contributed by atoms with van der Waals surface area (Å²) in [4.78, 5) is 0. The molecule has 56 valence electrons. The van der Waals surface area contributed by atoms with Crippen LogP contribution in [0.25, 0.3) is 0 Å². The van der Waals surface area contributed by atoms with Gasteiger partial charge in [0.2, 0.25) is 0 Å². The van der Waals surface area contributed by atoms with Gasteiger partial charge in [0.05, 0.1) is 0 Å². The molecule has 0 bridgehead atoms. The maximum absolute atomic E-state index is 2.41. The third-order valence-corrected chi connectivity index (χ3v) is 3.34. The maximum Gasteiger partial charge on any atom is -0.0314 e. The van der Waals surface area contributed by atoms with Gasteiger partial charge in [-0.25, -0.2) is 0 Å². The van der Waals surface area contributed by atoms with E-state index in [1.807, 2.05) is 0 Å². The summed E-state index contributed by atoms with van der Waals surface area (Å²) < 4.78 is 0. The Bertz CT molecular complexity index is 138. The van der Waals surface area contributed by atoms with Gasteiger partial charge in [-0.15, -0.1) is 0 Å². The van der Waals surface area contributed by atoms with Crippen LogP contribution in [0, 0.1) is 17.8 Å². The molecule has 2 atom stereocenters. The molecule has 2 rings (SSSR count). The van der Waals surface area contributed by atoms with Crippen LogP contribution in [0.15, 0.2) is 12.2 Å². The van der Waals surface area contributed by atoms with Crippen molar-refractivity contribution in [3.8, 4) is 0 Å². The van der Waals surface area contributed by atoms with E-state index in [-0.39, 0.29) is 0 Å². The summed E-state index contributed by atoms with van der Waals surface area (Å²) in [6, 6.07) is 0. The molecule has 0 spiro atoms. The van der Waals surface area contributed by atoms with Crippen molar-refractivity contribution in [2.75, 3.05) is 0 Å². The molecule has 10 heavy (non-hydrogen) atoms. The molecule has 0 saturated heterocycles. The molecule has 0 heteroatoms. The standard InChI is InChI=1S/C10H16/c1-8-6-7-10(8)9-4-2-3-5-9/h2-3,8-10H,4-7H2,1H3. The molecule has 0 aromatic heterocycles. The number of hydrogen-bond donors (Lipinski definition) is 0. The molecule has 2 aliphatic carbocycles. The Labute approximate surface area is 63.3 Å². The first-order valence-electron chi connectivity index (χ1n) is 4.53. The first-order chi connectivity index (χ1) is 4.88. The van der Waals surface area contributed by atoms with Crippen molar-refractivity contribution in [1.29, 1.82) is 0 Å². The zero-order valence-corrected chi connectivity index (χ0v) is 6.72. The van der Waals surface area contributed by atoms with Crippen molar-refractivity contribution >= 4 is 0 Å². The Morgan fingerprint density at radius 3 is 2.20 bits per heavy atom. The Kier molecular flexibility index (Phi) is 1.55. The van der Waals surface area contributed by atoms with Crippen LogP contribution >= 0.6 is 0 Å². The summed E-state index contributed by atoms with van der Waals surface area (Å²) in [5.74, 6) is 3.14. The van der Waals surface area contributed by atoms with E-state index in [0.29, 0.717) is 0 Å². The van der Waals surface area contributed by atoms with Crippen molar-refractivity contribution < 1.29 is 0 Å². The summed E-state index contributed by atoms with van der Waals surface area (Å²) in [7, 11) is 0. The first kappa shape index (κ1) is 6.45. The number of hydrogen-bond acceptors (Lipinski definition) is 0. The Balaban J connectivity index is 1.88. The predicted octanol–water partition coefficient (Wildman–Crippen LogP) is 3.00. The fraction of sp³-hybridized carbons (Fsp3) is 0.800. The van der Waals surface area contributed by atoms with Gasteiger partial charge >= 0.3 is 0 Å². The molecule has 0 N–H and O–H groups in total. The zero-order valence-electron chi connectivity index (χ0n) is 6.72. The van der Waals surface area contributed by atoms with Crippen LogP contribution in [-0.2, 0) is 0 Å². The molecule has 0 aromatic rings. The van der Waals surface area contributed by atoms with E-state index in [0.717, 1.165) is 17.8 Å². The van der Waals surface area contributed by atoms with Crippen LogP contribution in [0.1, 0.15) is 32.6 Å². The van der Waals surface area contributed by atoms with Gasteiger partial charge in [-0.05, 0) is 37.0 Å². The molecule has 0 amide bonds. The van der Waals surface area contributed by atoms with Crippen molar-refractivity contribution in [2.45, 2.75) is 32.6 Å². The van der Waals surface area contributed by atoms with Gasteiger partial charge < -0.3 is 0 Å². The van der Waals surface area contributed by atoms with Crippen LogP contribution < -0.4 is 0 Å². The van der Waals surface area contributed by atoms with Gasteiger partial charge in [0.15, 0.2) is 0 Å². The van der Waals surface area contributed by atoms with Crippen LogP contribution in [0.2, 0.25) is 0 Å². The van der Waals surface area contributed by atoms with Crippen LogP contribution in [0.5, 0.6) is 0 Å². The lowest BCUT2D eigenvalue weighted by atomic mass is 9.67. The van der Waals surface area contributed by atoms with E-state index in [9.17, 15) is 0 Å².